The molecule has 0 saturated heterocycles. The van der Waals surface area contributed by atoms with E-state index in [0.717, 1.165) is 31.5 Å². The van der Waals surface area contributed by atoms with Crippen molar-refractivity contribution in [1.82, 2.24) is 0 Å². The molecule has 0 saturated carbocycles. The van der Waals surface area contributed by atoms with E-state index < -0.39 is 11.6 Å². The van der Waals surface area contributed by atoms with Gasteiger partial charge in [0.1, 0.15) is 0 Å². The lowest BCUT2D eigenvalue weighted by molar-refractivity contribution is 0.459. The molecule has 5 heterocycles. The molecular weight excluding hydrogens is 607 g/mol. The first-order valence-electron chi connectivity index (χ1n) is 17.2. The van der Waals surface area contributed by atoms with Crippen LogP contribution in [-0.4, -0.2) is 22.8 Å². The van der Waals surface area contributed by atoms with Crippen LogP contribution in [0.5, 0.6) is 0 Å². The fraction of sp³-hybridized carbons (Fsp3) is 0.700. The van der Waals surface area contributed by atoms with Crippen molar-refractivity contribution >= 4 is 34.2 Å². The Morgan fingerprint density at radius 2 is 0.681 bits per heavy atom. The van der Waals surface area contributed by atoms with E-state index in [4.69, 9.17) is 20.0 Å². The number of hydrogen-bond donors (Lipinski definition) is 0. The highest BCUT2D eigenvalue weighted by atomic mass is 32.1. The van der Waals surface area contributed by atoms with Crippen molar-refractivity contribution in [2.24, 2.45) is 41.6 Å². The number of nitrogens with zero attached hydrogens (tertiary/aromatic N) is 4. The van der Waals surface area contributed by atoms with Gasteiger partial charge in [0, 0.05) is 79.9 Å². The molecule has 1 aromatic heterocycles. The van der Waals surface area contributed by atoms with Crippen molar-refractivity contribution < 1.29 is 8.78 Å². The highest BCUT2D eigenvalue weighted by molar-refractivity contribution is 7.12. The second-order valence-corrected chi connectivity index (χ2v) is 20.7. The molecule has 0 aromatic carbocycles. The third-order valence-electron chi connectivity index (χ3n) is 8.72. The Hall–Kier alpha value is -2.28. The van der Waals surface area contributed by atoms with Crippen molar-refractivity contribution in [3.8, 4) is 0 Å². The molecule has 0 bridgehead atoms. The van der Waals surface area contributed by atoms with Gasteiger partial charge in [-0.25, -0.2) is 18.8 Å². The van der Waals surface area contributed by atoms with E-state index in [9.17, 15) is 8.78 Å². The smallest absolute Gasteiger partial charge is 0.173 e. The van der Waals surface area contributed by atoms with Crippen LogP contribution >= 0.6 is 11.3 Å². The number of allylic oxidation sites excluding steroid dienone is 3. The van der Waals surface area contributed by atoms with Crippen molar-refractivity contribution in [3.05, 3.63) is 44.2 Å². The lowest BCUT2D eigenvalue weighted by atomic mass is 9.84. The number of hydrogen-bond acceptors (Lipinski definition) is 5. The van der Waals surface area contributed by atoms with E-state index in [1.807, 2.05) is 41.5 Å². The van der Waals surface area contributed by atoms with Crippen LogP contribution in [0.25, 0.3) is 0 Å². The minimum atomic E-state index is -0.669. The molecule has 0 unspecified atom stereocenters. The van der Waals surface area contributed by atoms with Gasteiger partial charge < -0.3 is 0 Å². The van der Waals surface area contributed by atoms with E-state index in [0.29, 0.717) is 9.75 Å². The lowest BCUT2D eigenvalue weighted by Crippen LogP contribution is -2.22. The van der Waals surface area contributed by atoms with Gasteiger partial charge in [0.15, 0.2) is 17.5 Å². The summed E-state index contributed by atoms with van der Waals surface area (Å²) in [4.78, 5) is 19.9. The SMILES string of the molecule is CC(C)(C)C1=NC2=C(C1)CC(C(C)(C)C)=N2.CC(C)(C)C1=NC2=C(C1)N=C(C(C)(C)C)C2.CC(C)(C)c1sc(C(C)(C)C)c(F)c1F. The third-order valence-corrected chi connectivity index (χ3v) is 10.7. The van der Waals surface area contributed by atoms with Crippen molar-refractivity contribution in [2.45, 2.75) is 161 Å². The summed E-state index contributed by atoms with van der Waals surface area (Å²) in [7, 11) is 0. The Morgan fingerprint density at radius 3 is 0.894 bits per heavy atom. The van der Waals surface area contributed by atoms with Crippen molar-refractivity contribution in [3.63, 3.8) is 0 Å². The molecule has 1 aromatic rings. The highest BCUT2D eigenvalue weighted by Gasteiger charge is 2.35. The van der Waals surface area contributed by atoms with Gasteiger partial charge in [-0.1, -0.05) is 125 Å². The predicted molar refractivity (Wildman–Crippen MR) is 202 cm³/mol. The quantitative estimate of drug-likeness (QED) is 0.264. The molecule has 4 aliphatic heterocycles. The zero-order chi connectivity index (χ0) is 36.3. The third kappa shape index (κ3) is 9.45. The fourth-order valence-corrected chi connectivity index (χ4v) is 6.54. The first-order valence-corrected chi connectivity index (χ1v) is 18.0. The lowest BCUT2D eigenvalue weighted by Gasteiger charge is -2.21. The summed E-state index contributed by atoms with van der Waals surface area (Å²) in [5.41, 5.74) is 9.07. The summed E-state index contributed by atoms with van der Waals surface area (Å²) in [6.07, 6.45) is 3.97. The molecule has 0 aliphatic carbocycles. The summed E-state index contributed by atoms with van der Waals surface area (Å²) in [6, 6.07) is 0. The molecule has 262 valence electrons. The van der Waals surface area contributed by atoms with Gasteiger partial charge in [-0.3, -0.25) is 9.98 Å². The number of aliphatic imine (C=N–C) groups is 4. The van der Waals surface area contributed by atoms with Crippen molar-refractivity contribution in [1.29, 1.82) is 0 Å². The van der Waals surface area contributed by atoms with Gasteiger partial charge in [-0.2, -0.15) is 0 Å². The molecule has 0 amide bonds. The highest BCUT2D eigenvalue weighted by Crippen LogP contribution is 2.42. The maximum atomic E-state index is 13.7. The van der Waals surface area contributed by atoms with Gasteiger partial charge >= 0.3 is 0 Å². The first kappa shape index (κ1) is 39.2. The van der Waals surface area contributed by atoms with E-state index in [1.165, 1.54) is 51.2 Å². The molecule has 0 spiro atoms. The Bertz CT molecular complexity index is 1450. The molecule has 4 nitrogen and oxygen atoms in total. The molecule has 0 atom stereocenters. The normalized spacial score (nSPS) is 18.6. The summed E-state index contributed by atoms with van der Waals surface area (Å²) < 4.78 is 27.4. The molecule has 0 radical (unpaired) electrons. The van der Waals surface area contributed by atoms with Crippen LogP contribution in [0, 0.1) is 33.3 Å². The number of rotatable bonds is 0. The zero-order valence-electron chi connectivity index (χ0n) is 32.8. The van der Waals surface area contributed by atoms with E-state index in [2.05, 4.69) is 83.1 Å². The zero-order valence-corrected chi connectivity index (χ0v) is 33.6. The maximum absolute atomic E-state index is 13.7. The second kappa shape index (κ2) is 12.9. The number of halogens is 2. The Kier molecular flexibility index (Phi) is 10.7. The largest absolute Gasteiger partial charge is 0.259 e. The molecule has 0 fully saturated rings. The number of thiophene rings is 1. The second-order valence-electron chi connectivity index (χ2n) is 19.6. The van der Waals surface area contributed by atoms with Crippen LogP contribution in [0.2, 0.25) is 0 Å². The van der Waals surface area contributed by atoms with Crippen LogP contribution in [0.15, 0.2) is 42.8 Å². The summed E-state index contributed by atoms with van der Waals surface area (Å²) in [6.45, 7) is 38.1. The standard InChI is InChI=1S/2C14H22N2.C12H18F2S/c1-13(2,3)11-7-9-10(15-11)8-12(16-9)14(4,5)6;1-13(2,3)10-7-9-8-11(14(4,5)6)16-12(9)15-10;1-11(2,3)9-7(13)8(14)10(15-9)12(4,5)6/h2*7-8H2,1-6H3;1-6H3. The summed E-state index contributed by atoms with van der Waals surface area (Å²) in [5, 5.41) is 0. The van der Waals surface area contributed by atoms with Crippen LogP contribution in [0.4, 0.5) is 8.78 Å². The maximum Gasteiger partial charge on any atom is 0.173 e. The van der Waals surface area contributed by atoms with Gasteiger partial charge in [-0.15, -0.1) is 11.3 Å². The minimum Gasteiger partial charge on any atom is -0.259 e. The summed E-state index contributed by atoms with van der Waals surface area (Å²) >= 11 is 1.25. The Labute approximate surface area is 289 Å². The molecule has 4 aliphatic rings. The molecule has 47 heavy (non-hydrogen) atoms. The molecule has 5 rings (SSSR count). The summed E-state index contributed by atoms with van der Waals surface area (Å²) in [5.74, 6) is -0.329. The van der Waals surface area contributed by atoms with Crippen LogP contribution in [-0.2, 0) is 10.8 Å². The fourth-order valence-electron chi connectivity index (χ4n) is 5.36. The van der Waals surface area contributed by atoms with Gasteiger partial charge in [0.2, 0.25) is 0 Å². The minimum absolute atomic E-state index is 0.182. The predicted octanol–water partition coefficient (Wildman–Crippen LogP) is 12.6. The van der Waals surface area contributed by atoms with Gasteiger partial charge in [0.25, 0.3) is 0 Å². The van der Waals surface area contributed by atoms with Crippen LogP contribution in [0.3, 0.4) is 0 Å². The van der Waals surface area contributed by atoms with E-state index in [1.54, 1.807) is 0 Å². The van der Waals surface area contributed by atoms with Crippen molar-refractivity contribution in [2.75, 3.05) is 0 Å². The average molecular weight is 669 g/mol. The Morgan fingerprint density at radius 1 is 0.404 bits per heavy atom. The Balaban J connectivity index is 0.000000192. The van der Waals surface area contributed by atoms with Gasteiger partial charge in [0.05, 0.1) is 11.4 Å². The average Bonchev–Trinajstić information content (AvgIpc) is 3.62. The molecule has 7 heteroatoms. The van der Waals surface area contributed by atoms with E-state index >= 15 is 0 Å². The molecular formula is C40H62F2N4S. The first-order chi connectivity index (χ1) is 20.9. The molecule has 0 N–H and O–H groups in total. The van der Waals surface area contributed by atoms with E-state index in [-0.39, 0.29) is 32.5 Å². The monoisotopic (exact) mass is 668 g/mol. The van der Waals surface area contributed by atoms with Gasteiger partial charge in [-0.05, 0) is 16.4 Å². The topological polar surface area (TPSA) is 49.4 Å². The van der Waals surface area contributed by atoms with Crippen LogP contribution < -0.4 is 0 Å². The van der Waals surface area contributed by atoms with Crippen LogP contribution in [0.1, 0.15) is 160 Å².